The van der Waals surface area contributed by atoms with E-state index in [1.807, 2.05) is 6.08 Å². The molecule has 0 aliphatic carbocycles. The van der Waals surface area contributed by atoms with E-state index in [1.165, 1.54) is 276 Å². The van der Waals surface area contributed by atoms with Crippen molar-refractivity contribution in [2.75, 3.05) is 13.2 Å². The van der Waals surface area contributed by atoms with Gasteiger partial charge >= 0.3 is 0 Å². The molecule has 0 aromatic rings. The van der Waals surface area contributed by atoms with Crippen LogP contribution in [0.2, 0.25) is 0 Å². The number of aliphatic hydroxyl groups is 5. The number of rotatable bonds is 58. The maximum atomic E-state index is 13.1. The zero-order valence-electron chi connectivity index (χ0n) is 49.6. The highest BCUT2D eigenvalue weighted by Crippen LogP contribution is 2.23. The first-order valence-corrected chi connectivity index (χ1v) is 33.1. The lowest BCUT2D eigenvalue weighted by molar-refractivity contribution is -0.302. The van der Waals surface area contributed by atoms with Crippen molar-refractivity contribution >= 4 is 5.91 Å². The van der Waals surface area contributed by atoms with Gasteiger partial charge in [-0.05, 0) is 32.1 Å². The lowest BCUT2D eigenvalue weighted by atomic mass is 9.99. The third-order valence-electron chi connectivity index (χ3n) is 16.0. The molecule has 1 heterocycles. The number of carbonyl (C=O) groups excluding carboxylic acids is 1. The maximum absolute atomic E-state index is 13.1. The Morgan fingerprint density at radius 2 is 0.760 bits per heavy atom. The molecule has 1 rings (SSSR count). The summed E-state index contributed by atoms with van der Waals surface area (Å²) in [6, 6.07) is -0.819. The zero-order chi connectivity index (χ0) is 54.3. The molecule has 75 heavy (non-hydrogen) atoms. The van der Waals surface area contributed by atoms with Crippen LogP contribution in [-0.4, -0.2) is 87.5 Å². The number of ether oxygens (including phenoxy) is 2. The van der Waals surface area contributed by atoms with Gasteiger partial charge in [-0.2, -0.15) is 0 Å². The highest BCUT2D eigenvalue weighted by Gasteiger charge is 2.44. The molecule has 7 atom stereocenters. The molecule has 444 valence electrons. The van der Waals surface area contributed by atoms with Gasteiger partial charge in [-0.25, -0.2) is 0 Å². The molecule has 0 saturated carbocycles. The molecule has 9 nitrogen and oxygen atoms in total. The van der Waals surface area contributed by atoms with E-state index in [-0.39, 0.29) is 12.5 Å². The second kappa shape index (κ2) is 56.0. The molecular formula is C66H127NO8. The molecule has 1 aliphatic heterocycles. The van der Waals surface area contributed by atoms with Gasteiger partial charge in [0.1, 0.15) is 24.4 Å². The fourth-order valence-electron chi connectivity index (χ4n) is 10.8. The molecule has 7 unspecified atom stereocenters. The van der Waals surface area contributed by atoms with Crippen LogP contribution in [0.25, 0.3) is 0 Å². The third-order valence-corrected chi connectivity index (χ3v) is 16.0. The fourth-order valence-corrected chi connectivity index (χ4v) is 10.8. The second-order valence-electron chi connectivity index (χ2n) is 23.3. The number of hydrogen-bond donors (Lipinski definition) is 6. The lowest BCUT2D eigenvalue weighted by Gasteiger charge is -2.40. The topological polar surface area (TPSA) is 149 Å². The Morgan fingerprint density at radius 3 is 1.12 bits per heavy atom. The van der Waals surface area contributed by atoms with Gasteiger partial charge in [0.05, 0.1) is 25.4 Å². The van der Waals surface area contributed by atoms with E-state index in [1.54, 1.807) is 6.08 Å². The van der Waals surface area contributed by atoms with Crippen molar-refractivity contribution < 1.29 is 39.8 Å². The number of unbranched alkanes of at least 4 members (excludes halogenated alkanes) is 46. The fraction of sp³-hybridized carbons (Fsp3) is 0.924. The Balaban J connectivity index is 2.15. The smallest absolute Gasteiger partial charge is 0.220 e. The molecule has 9 heteroatoms. The minimum Gasteiger partial charge on any atom is -0.394 e. The van der Waals surface area contributed by atoms with Crippen molar-refractivity contribution in [3.8, 4) is 0 Å². The largest absolute Gasteiger partial charge is 0.394 e. The number of allylic oxidation sites excluding steroid dienone is 3. The molecular weight excluding hydrogens is 935 g/mol. The SMILES string of the molecule is CCCCCCCCCCCCCCCCCCCCCCCCCCCC/C=C/CC/C=C/C(O)C(COC1OC(CO)C(O)C(O)C1O)NC(=O)CCCCCCCCCCCCCCCCCCCCCC. The Labute approximate surface area is 464 Å². The standard InChI is InChI=1S/C66H127NO8/c1-3-5-7-9-11-13-15-17-19-21-23-25-26-27-28-29-30-31-32-33-34-35-36-37-39-41-43-45-47-49-51-53-55-60(69)59(58-74-66-65(73)64(72)63(71)61(57-68)75-66)67-62(70)56-54-52-50-48-46-44-42-40-38-24-22-20-18-16-14-12-10-8-6-4-2/h45,47,53,55,59-61,63-66,68-69,71-73H,3-44,46,48-52,54,56-58H2,1-2H3,(H,67,70)/b47-45+,55-53+. The number of aliphatic hydroxyl groups excluding tert-OH is 5. The minimum atomic E-state index is -1.57. The lowest BCUT2D eigenvalue weighted by Crippen LogP contribution is -2.60. The van der Waals surface area contributed by atoms with Gasteiger partial charge in [-0.15, -0.1) is 0 Å². The summed E-state index contributed by atoms with van der Waals surface area (Å²) < 4.78 is 11.3. The Bertz CT molecular complexity index is 1230. The van der Waals surface area contributed by atoms with Crippen LogP contribution in [0.5, 0.6) is 0 Å². The second-order valence-corrected chi connectivity index (χ2v) is 23.3. The van der Waals surface area contributed by atoms with Crippen molar-refractivity contribution in [2.24, 2.45) is 0 Å². The van der Waals surface area contributed by atoms with Crippen LogP contribution in [-0.2, 0) is 14.3 Å². The van der Waals surface area contributed by atoms with Crippen LogP contribution < -0.4 is 5.32 Å². The van der Waals surface area contributed by atoms with Gasteiger partial charge in [0.25, 0.3) is 0 Å². The molecule has 6 N–H and O–H groups in total. The number of carbonyl (C=O) groups is 1. The minimum absolute atomic E-state index is 0.179. The Hall–Kier alpha value is -1.33. The van der Waals surface area contributed by atoms with Gasteiger partial charge < -0.3 is 40.3 Å². The van der Waals surface area contributed by atoms with Crippen LogP contribution in [0, 0.1) is 0 Å². The van der Waals surface area contributed by atoms with Crippen LogP contribution in [0.1, 0.15) is 335 Å². The van der Waals surface area contributed by atoms with Crippen LogP contribution >= 0.6 is 0 Å². The molecule has 1 saturated heterocycles. The van der Waals surface area contributed by atoms with Crippen LogP contribution in [0.3, 0.4) is 0 Å². The summed E-state index contributed by atoms with van der Waals surface area (Å²) in [5.41, 5.74) is 0. The van der Waals surface area contributed by atoms with Crippen molar-refractivity contribution in [1.29, 1.82) is 0 Å². The Kier molecular flexibility index (Phi) is 53.5. The summed E-state index contributed by atoms with van der Waals surface area (Å²) in [6.45, 7) is 3.82. The van der Waals surface area contributed by atoms with E-state index in [0.29, 0.717) is 6.42 Å². The molecule has 1 fully saturated rings. The van der Waals surface area contributed by atoms with E-state index in [9.17, 15) is 30.3 Å². The first-order valence-electron chi connectivity index (χ1n) is 33.1. The van der Waals surface area contributed by atoms with Crippen molar-refractivity contribution in [2.45, 2.75) is 378 Å². The highest BCUT2D eigenvalue weighted by molar-refractivity contribution is 5.76. The van der Waals surface area contributed by atoms with Crippen molar-refractivity contribution in [1.82, 2.24) is 5.32 Å². The summed E-state index contributed by atoms with van der Waals surface area (Å²) in [5, 5.41) is 54.6. The number of amides is 1. The van der Waals surface area contributed by atoms with Crippen LogP contribution in [0.4, 0.5) is 0 Å². The first kappa shape index (κ1) is 71.7. The monoisotopic (exact) mass is 1060 g/mol. The average molecular weight is 1060 g/mol. The number of hydrogen-bond acceptors (Lipinski definition) is 8. The summed E-state index contributed by atoms with van der Waals surface area (Å²) >= 11 is 0. The zero-order valence-corrected chi connectivity index (χ0v) is 49.6. The molecule has 0 spiro atoms. The van der Waals surface area contributed by atoms with Crippen molar-refractivity contribution in [3.05, 3.63) is 24.3 Å². The summed E-state index contributed by atoms with van der Waals surface area (Å²) in [4.78, 5) is 13.1. The molecule has 0 aromatic heterocycles. The average Bonchev–Trinajstić information content (AvgIpc) is 3.41. The predicted octanol–water partition coefficient (Wildman–Crippen LogP) is 17.3. The normalized spacial score (nSPS) is 18.9. The van der Waals surface area contributed by atoms with E-state index in [0.717, 1.165) is 38.5 Å². The summed E-state index contributed by atoms with van der Waals surface area (Å²) in [6.07, 6.45) is 65.7. The third kappa shape index (κ3) is 45.1. The molecule has 0 bridgehead atoms. The summed E-state index contributed by atoms with van der Waals surface area (Å²) in [7, 11) is 0. The Morgan fingerprint density at radius 1 is 0.440 bits per heavy atom. The van der Waals surface area contributed by atoms with E-state index in [4.69, 9.17) is 9.47 Å². The highest BCUT2D eigenvalue weighted by atomic mass is 16.7. The number of nitrogens with one attached hydrogen (secondary N) is 1. The molecule has 0 aromatic carbocycles. The van der Waals surface area contributed by atoms with E-state index >= 15 is 0 Å². The van der Waals surface area contributed by atoms with Gasteiger partial charge in [-0.3, -0.25) is 4.79 Å². The van der Waals surface area contributed by atoms with Crippen molar-refractivity contribution in [3.63, 3.8) is 0 Å². The van der Waals surface area contributed by atoms with E-state index in [2.05, 4.69) is 31.3 Å². The molecule has 0 radical (unpaired) electrons. The first-order chi connectivity index (χ1) is 36.8. The quantitative estimate of drug-likeness (QED) is 0.0261. The summed E-state index contributed by atoms with van der Waals surface area (Å²) in [5.74, 6) is -0.179. The molecule has 1 aliphatic rings. The van der Waals surface area contributed by atoms with Crippen LogP contribution in [0.15, 0.2) is 24.3 Å². The van der Waals surface area contributed by atoms with Gasteiger partial charge in [0.2, 0.25) is 5.91 Å². The predicted molar refractivity (Wildman–Crippen MR) is 318 cm³/mol. The van der Waals surface area contributed by atoms with Gasteiger partial charge in [0.15, 0.2) is 6.29 Å². The maximum Gasteiger partial charge on any atom is 0.220 e. The van der Waals surface area contributed by atoms with E-state index < -0.39 is 49.5 Å². The van der Waals surface area contributed by atoms with Gasteiger partial charge in [-0.1, -0.05) is 321 Å². The van der Waals surface area contributed by atoms with Gasteiger partial charge in [0, 0.05) is 6.42 Å². The molecule has 1 amide bonds.